The van der Waals surface area contributed by atoms with Crippen molar-refractivity contribution >= 4 is 6.21 Å². The number of rotatable bonds is 5. The molecule has 1 aromatic heterocycles. The van der Waals surface area contributed by atoms with Crippen LogP contribution < -0.4 is 0 Å². The third-order valence-corrected chi connectivity index (χ3v) is 2.64. The monoisotopic (exact) mass is 240 g/mol. The average molecular weight is 240 g/mol. The van der Waals surface area contributed by atoms with Crippen LogP contribution in [0.25, 0.3) is 0 Å². The first-order valence-corrected chi connectivity index (χ1v) is 5.89. The van der Waals surface area contributed by atoms with E-state index in [0.717, 1.165) is 11.3 Å². The molecule has 2 aromatic rings. The molecule has 0 aliphatic heterocycles. The summed E-state index contributed by atoms with van der Waals surface area (Å²) in [4.78, 5) is 8.56. The zero-order valence-electron chi connectivity index (χ0n) is 10.4. The summed E-state index contributed by atoms with van der Waals surface area (Å²) in [5, 5.41) is 0. The molecule has 0 N–H and O–H groups in total. The molecule has 0 amide bonds. The minimum atomic E-state index is -0.00818. The smallest absolute Gasteiger partial charge is 0.102 e. The highest BCUT2D eigenvalue weighted by Gasteiger charge is 2.07. The Hall–Kier alpha value is -2.00. The standard InChI is InChI=1S/C15H16N2O/c1-18-15(13-7-3-2-4-8-13)12-16-11-14-9-5-6-10-17-14/h2-11,15H,12H2,1H3. The van der Waals surface area contributed by atoms with Crippen LogP contribution >= 0.6 is 0 Å². The van der Waals surface area contributed by atoms with Crippen LogP contribution in [0.5, 0.6) is 0 Å². The van der Waals surface area contributed by atoms with Crippen molar-refractivity contribution in [2.24, 2.45) is 4.99 Å². The van der Waals surface area contributed by atoms with Gasteiger partial charge in [0.15, 0.2) is 0 Å². The van der Waals surface area contributed by atoms with E-state index in [1.165, 1.54) is 0 Å². The van der Waals surface area contributed by atoms with E-state index in [2.05, 4.69) is 9.98 Å². The number of aliphatic imine (C=N–C) groups is 1. The Labute approximate surface area is 107 Å². The van der Waals surface area contributed by atoms with Gasteiger partial charge in [-0.3, -0.25) is 9.98 Å². The van der Waals surface area contributed by atoms with Gasteiger partial charge >= 0.3 is 0 Å². The number of hydrogen-bond donors (Lipinski definition) is 0. The van der Waals surface area contributed by atoms with Gasteiger partial charge in [-0.1, -0.05) is 36.4 Å². The van der Waals surface area contributed by atoms with Crippen LogP contribution in [0.1, 0.15) is 17.4 Å². The maximum Gasteiger partial charge on any atom is 0.102 e. The third kappa shape index (κ3) is 3.50. The van der Waals surface area contributed by atoms with Crippen LogP contribution in [0.15, 0.2) is 59.7 Å². The summed E-state index contributed by atoms with van der Waals surface area (Å²) in [5.41, 5.74) is 2.00. The summed E-state index contributed by atoms with van der Waals surface area (Å²) in [6.45, 7) is 0.594. The van der Waals surface area contributed by atoms with Gasteiger partial charge in [0.05, 0.1) is 12.2 Å². The first kappa shape index (κ1) is 12.5. The van der Waals surface area contributed by atoms with Gasteiger partial charge in [-0.25, -0.2) is 0 Å². The fourth-order valence-corrected chi connectivity index (χ4v) is 1.68. The lowest BCUT2D eigenvalue weighted by atomic mass is 10.1. The molecule has 3 nitrogen and oxygen atoms in total. The maximum absolute atomic E-state index is 5.44. The lowest BCUT2D eigenvalue weighted by Gasteiger charge is -2.12. The second-order valence-corrected chi connectivity index (χ2v) is 3.88. The van der Waals surface area contributed by atoms with Crippen LogP contribution in [-0.2, 0) is 4.74 Å². The highest BCUT2D eigenvalue weighted by Crippen LogP contribution is 2.16. The summed E-state index contributed by atoms with van der Waals surface area (Å²) in [6, 6.07) is 15.8. The molecule has 3 heteroatoms. The number of pyridine rings is 1. The lowest BCUT2D eigenvalue weighted by molar-refractivity contribution is 0.111. The number of nitrogens with zero attached hydrogens (tertiary/aromatic N) is 2. The number of hydrogen-bond acceptors (Lipinski definition) is 3. The van der Waals surface area contributed by atoms with Crippen molar-refractivity contribution in [3.05, 3.63) is 66.0 Å². The lowest BCUT2D eigenvalue weighted by Crippen LogP contribution is -2.05. The van der Waals surface area contributed by atoms with Crippen molar-refractivity contribution in [2.45, 2.75) is 6.10 Å². The molecular formula is C15H16N2O. The van der Waals surface area contributed by atoms with Crippen LogP contribution in [-0.4, -0.2) is 24.9 Å². The molecule has 0 bridgehead atoms. The Morgan fingerprint density at radius 1 is 1.17 bits per heavy atom. The highest BCUT2D eigenvalue weighted by molar-refractivity contribution is 5.76. The minimum Gasteiger partial charge on any atom is -0.375 e. The van der Waals surface area contributed by atoms with Crippen molar-refractivity contribution in [2.75, 3.05) is 13.7 Å². The number of aromatic nitrogens is 1. The predicted octanol–water partition coefficient (Wildman–Crippen LogP) is 2.89. The second kappa shape index (κ2) is 6.67. The van der Waals surface area contributed by atoms with Crippen LogP contribution in [0.4, 0.5) is 0 Å². The molecule has 2 rings (SSSR count). The molecule has 0 aliphatic carbocycles. The van der Waals surface area contributed by atoms with E-state index in [9.17, 15) is 0 Å². The van der Waals surface area contributed by atoms with Crippen molar-refractivity contribution < 1.29 is 4.74 Å². The van der Waals surface area contributed by atoms with Gasteiger partial charge in [0.2, 0.25) is 0 Å². The molecule has 0 fully saturated rings. The number of methoxy groups -OCH3 is 1. The van der Waals surface area contributed by atoms with Gasteiger partial charge in [-0.05, 0) is 17.7 Å². The summed E-state index contributed by atoms with van der Waals surface area (Å²) in [5.74, 6) is 0. The Morgan fingerprint density at radius 3 is 2.61 bits per heavy atom. The molecule has 0 aliphatic rings. The quantitative estimate of drug-likeness (QED) is 0.753. The maximum atomic E-state index is 5.44. The van der Waals surface area contributed by atoms with E-state index in [4.69, 9.17) is 4.74 Å². The van der Waals surface area contributed by atoms with Crippen molar-refractivity contribution in [3.63, 3.8) is 0 Å². The molecule has 92 valence electrons. The average Bonchev–Trinajstić information content (AvgIpc) is 2.46. The van der Waals surface area contributed by atoms with Gasteiger partial charge in [-0.15, -0.1) is 0 Å². The predicted molar refractivity (Wildman–Crippen MR) is 72.9 cm³/mol. The Balaban J connectivity index is 1.98. The zero-order valence-corrected chi connectivity index (χ0v) is 10.4. The van der Waals surface area contributed by atoms with E-state index in [-0.39, 0.29) is 6.10 Å². The Morgan fingerprint density at radius 2 is 1.94 bits per heavy atom. The molecule has 1 aromatic carbocycles. The van der Waals surface area contributed by atoms with Crippen molar-refractivity contribution in [1.82, 2.24) is 4.98 Å². The van der Waals surface area contributed by atoms with Crippen molar-refractivity contribution in [1.29, 1.82) is 0 Å². The molecule has 0 saturated carbocycles. The zero-order chi connectivity index (χ0) is 12.6. The van der Waals surface area contributed by atoms with Crippen molar-refractivity contribution in [3.8, 4) is 0 Å². The SMILES string of the molecule is COC(CN=Cc1ccccn1)c1ccccc1. The molecule has 1 unspecified atom stereocenters. The topological polar surface area (TPSA) is 34.5 Å². The first-order chi connectivity index (χ1) is 8.90. The summed E-state index contributed by atoms with van der Waals surface area (Å²) in [6.07, 6.45) is 3.52. The number of benzene rings is 1. The molecular weight excluding hydrogens is 224 g/mol. The normalized spacial score (nSPS) is 12.7. The van der Waals surface area contributed by atoms with E-state index >= 15 is 0 Å². The van der Waals surface area contributed by atoms with E-state index in [1.807, 2.05) is 48.5 Å². The molecule has 0 radical (unpaired) electrons. The van der Waals surface area contributed by atoms with Gasteiger partial charge < -0.3 is 4.74 Å². The third-order valence-electron chi connectivity index (χ3n) is 2.64. The van der Waals surface area contributed by atoms with E-state index in [1.54, 1.807) is 19.5 Å². The van der Waals surface area contributed by atoms with Crippen LogP contribution in [0.3, 0.4) is 0 Å². The first-order valence-electron chi connectivity index (χ1n) is 5.89. The second-order valence-electron chi connectivity index (χ2n) is 3.88. The van der Waals surface area contributed by atoms with Gasteiger partial charge in [-0.2, -0.15) is 0 Å². The summed E-state index contributed by atoms with van der Waals surface area (Å²) >= 11 is 0. The molecule has 18 heavy (non-hydrogen) atoms. The highest BCUT2D eigenvalue weighted by atomic mass is 16.5. The van der Waals surface area contributed by atoms with Gasteiger partial charge in [0.25, 0.3) is 0 Å². The van der Waals surface area contributed by atoms with Crippen LogP contribution in [0.2, 0.25) is 0 Å². The summed E-state index contributed by atoms with van der Waals surface area (Å²) < 4.78 is 5.44. The van der Waals surface area contributed by atoms with Gasteiger partial charge in [0, 0.05) is 19.5 Å². The van der Waals surface area contributed by atoms with E-state index < -0.39 is 0 Å². The van der Waals surface area contributed by atoms with E-state index in [0.29, 0.717) is 6.54 Å². The Bertz CT molecular complexity index is 482. The fraction of sp³-hybridized carbons (Fsp3) is 0.200. The van der Waals surface area contributed by atoms with Gasteiger partial charge in [0.1, 0.15) is 6.10 Å². The summed E-state index contributed by atoms with van der Waals surface area (Å²) in [7, 11) is 1.70. The number of ether oxygens (including phenoxy) is 1. The molecule has 1 heterocycles. The minimum absolute atomic E-state index is 0.00818. The largest absolute Gasteiger partial charge is 0.375 e. The Kier molecular flexibility index (Phi) is 4.61. The fourth-order valence-electron chi connectivity index (χ4n) is 1.68. The van der Waals surface area contributed by atoms with Crippen LogP contribution in [0, 0.1) is 0 Å². The molecule has 0 saturated heterocycles. The molecule has 1 atom stereocenters. The molecule has 0 spiro atoms.